The standard InChI is InChI=1S/C35H41FN2O5/c1-35(2,3)37-33(40)32(25-15-13-24(14-16-25)23-9-5-4-6-10-23)38(34(41)28-11-7-8-12-29(28)36)21-26-17-19-30(42-26)31-20-18-27(22-39)43-31/h4-16,26-27,30-32,39H,17-22H2,1-3H3,(H,37,40)/t26-,27-,30+,31+,32?/m1/s1. The Morgan fingerprint density at radius 1 is 0.860 bits per heavy atom. The summed E-state index contributed by atoms with van der Waals surface area (Å²) in [5.41, 5.74) is 1.96. The minimum absolute atomic E-state index is 0.0226. The molecule has 5 atom stereocenters. The van der Waals surface area contributed by atoms with Crippen LogP contribution in [0.25, 0.3) is 11.1 Å². The molecular formula is C35H41FN2O5. The van der Waals surface area contributed by atoms with Crippen LogP contribution in [-0.2, 0) is 14.3 Å². The molecule has 2 saturated heterocycles. The van der Waals surface area contributed by atoms with Crippen molar-refractivity contribution in [2.24, 2.45) is 0 Å². The van der Waals surface area contributed by atoms with Gasteiger partial charge in [-0.3, -0.25) is 9.59 Å². The first-order valence-electron chi connectivity index (χ1n) is 15.1. The first-order valence-corrected chi connectivity index (χ1v) is 15.1. The minimum Gasteiger partial charge on any atom is -0.394 e. The molecule has 2 aliphatic rings. The Bertz CT molecular complexity index is 1390. The van der Waals surface area contributed by atoms with Crippen molar-refractivity contribution >= 4 is 11.8 Å². The first-order chi connectivity index (χ1) is 20.6. The SMILES string of the molecule is CC(C)(C)NC(=O)C(c1ccc(-c2ccccc2)cc1)N(C[C@H]1CC[C@@H]([C@@H]2CC[C@H](CO)O2)O1)C(=O)c1ccccc1F. The Morgan fingerprint density at radius 2 is 1.44 bits per heavy atom. The maximum Gasteiger partial charge on any atom is 0.257 e. The summed E-state index contributed by atoms with van der Waals surface area (Å²) in [4.78, 5) is 29.6. The van der Waals surface area contributed by atoms with Gasteiger partial charge in [0, 0.05) is 12.1 Å². The molecule has 7 nitrogen and oxygen atoms in total. The second-order valence-corrected chi connectivity index (χ2v) is 12.5. The van der Waals surface area contributed by atoms with Crippen molar-refractivity contribution in [1.29, 1.82) is 0 Å². The quantitative estimate of drug-likeness (QED) is 0.336. The summed E-state index contributed by atoms with van der Waals surface area (Å²) in [6.07, 6.45) is 2.13. The van der Waals surface area contributed by atoms with E-state index in [9.17, 15) is 14.7 Å². The maximum absolute atomic E-state index is 15.0. The Balaban J connectivity index is 1.48. The predicted octanol–water partition coefficient (Wildman–Crippen LogP) is 5.68. The van der Waals surface area contributed by atoms with Crippen molar-refractivity contribution in [2.75, 3.05) is 13.2 Å². The fraction of sp³-hybridized carbons (Fsp3) is 0.429. The van der Waals surface area contributed by atoms with E-state index in [1.54, 1.807) is 6.07 Å². The van der Waals surface area contributed by atoms with Gasteiger partial charge in [0.25, 0.3) is 5.91 Å². The zero-order chi connectivity index (χ0) is 30.6. The number of benzene rings is 3. The number of hydrogen-bond acceptors (Lipinski definition) is 5. The highest BCUT2D eigenvalue weighted by Gasteiger charge is 2.41. The Morgan fingerprint density at radius 3 is 2.05 bits per heavy atom. The zero-order valence-corrected chi connectivity index (χ0v) is 25.0. The van der Waals surface area contributed by atoms with E-state index in [2.05, 4.69) is 5.32 Å². The molecular weight excluding hydrogens is 547 g/mol. The summed E-state index contributed by atoms with van der Waals surface area (Å²) in [5, 5.41) is 12.5. The van der Waals surface area contributed by atoms with Crippen LogP contribution in [0.2, 0.25) is 0 Å². The van der Waals surface area contributed by atoms with Crippen molar-refractivity contribution < 1.29 is 28.6 Å². The van der Waals surface area contributed by atoms with Gasteiger partial charge in [0.1, 0.15) is 11.9 Å². The van der Waals surface area contributed by atoms with Crippen LogP contribution < -0.4 is 5.32 Å². The van der Waals surface area contributed by atoms with Crippen LogP contribution in [0.3, 0.4) is 0 Å². The van der Waals surface area contributed by atoms with Crippen LogP contribution in [0.1, 0.15) is 68.4 Å². The molecule has 0 aromatic heterocycles. The van der Waals surface area contributed by atoms with E-state index in [0.717, 1.165) is 30.4 Å². The number of nitrogens with zero attached hydrogens (tertiary/aromatic N) is 1. The van der Waals surface area contributed by atoms with Gasteiger partial charge in [0.05, 0.1) is 36.6 Å². The van der Waals surface area contributed by atoms with Crippen LogP contribution >= 0.6 is 0 Å². The number of halogens is 1. The molecule has 228 valence electrons. The molecule has 2 amide bonds. The number of aliphatic hydroxyl groups is 1. The zero-order valence-electron chi connectivity index (χ0n) is 25.0. The van der Waals surface area contributed by atoms with Crippen molar-refractivity contribution in [2.45, 2.75) is 82.5 Å². The van der Waals surface area contributed by atoms with Gasteiger partial charge in [-0.05, 0) is 75.3 Å². The highest BCUT2D eigenvalue weighted by Crippen LogP contribution is 2.34. The largest absolute Gasteiger partial charge is 0.394 e. The lowest BCUT2D eigenvalue weighted by molar-refractivity contribution is -0.128. The number of carbonyl (C=O) groups excluding carboxylic acids is 2. The van der Waals surface area contributed by atoms with Crippen LogP contribution in [0.4, 0.5) is 4.39 Å². The molecule has 2 N–H and O–H groups in total. The van der Waals surface area contributed by atoms with Gasteiger partial charge in [-0.25, -0.2) is 4.39 Å². The molecule has 1 unspecified atom stereocenters. The number of aliphatic hydroxyl groups excluding tert-OH is 1. The predicted molar refractivity (Wildman–Crippen MR) is 163 cm³/mol. The van der Waals surface area contributed by atoms with E-state index in [4.69, 9.17) is 9.47 Å². The lowest BCUT2D eigenvalue weighted by Crippen LogP contribution is -2.51. The van der Waals surface area contributed by atoms with Crippen LogP contribution in [0.5, 0.6) is 0 Å². The molecule has 8 heteroatoms. The molecule has 0 spiro atoms. The van der Waals surface area contributed by atoms with Gasteiger partial charge in [-0.2, -0.15) is 0 Å². The molecule has 2 fully saturated rings. The summed E-state index contributed by atoms with van der Waals surface area (Å²) < 4.78 is 27.4. The molecule has 2 aliphatic heterocycles. The Kier molecular flexibility index (Phi) is 9.59. The minimum atomic E-state index is -1.03. The number of amides is 2. The van der Waals surface area contributed by atoms with E-state index in [0.29, 0.717) is 12.0 Å². The highest BCUT2D eigenvalue weighted by atomic mass is 19.1. The van der Waals surface area contributed by atoms with Crippen LogP contribution in [0, 0.1) is 5.82 Å². The van der Waals surface area contributed by atoms with Gasteiger partial charge in [-0.15, -0.1) is 0 Å². The summed E-state index contributed by atoms with van der Waals surface area (Å²) in [7, 11) is 0. The number of hydrogen-bond donors (Lipinski definition) is 2. The molecule has 0 bridgehead atoms. The second-order valence-electron chi connectivity index (χ2n) is 12.5. The summed E-state index contributed by atoms with van der Waals surface area (Å²) in [6, 6.07) is 22.3. The van der Waals surface area contributed by atoms with Gasteiger partial charge >= 0.3 is 0 Å². The average Bonchev–Trinajstić information content (AvgIpc) is 3.66. The van der Waals surface area contributed by atoms with E-state index in [1.807, 2.05) is 75.4 Å². The fourth-order valence-corrected chi connectivity index (χ4v) is 6.00. The van der Waals surface area contributed by atoms with Gasteiger partial charge in [0.2, 0.25) is 5.91 Å². The lowest BCUT2D eigenvalue weighted by Gasteiger charge is -2.35. The van der Waals surface area contributed by atoms with Crippen molar-refractivity contribution in [1.82, 2.24) is 10.2 Å². The molecule has 0 aliphatic carbocycles. The van der Waals surface area contributed by atoms with E-state index in [1.165, 1.54) is 23.1 Å². The van der Waals surface area contributed by atoms with E-state index >= 15 is 4.39 Å². The van der Waals surface area contributed by atoms with Gasteiger partial charge in [0.15, 0.2) is 0 Å². The van der Waals surface area contributed by atoms with E-state index < -0.39 is 23.3 Å². The molecule has 0 radical (unpaired) electrons. The van der Waals surface area contributed by atoms with Crippen LogP contribution in [-0.4, -0.2) is 64.9 Å². The average molecular weight is 589 g/mol. The lowest BCUT2D eigenvalue weighted by atomic mass is 9.97. The third kappa shape index (κ3) is 7.50. The topological polar surface area (TPSA) is 88.1 Å². The molecule has 0 saturated carbocycles. The second kappa shape index (κ2) is 13.4. The third-order valence-corrected chi connectivity index (χ3v) is 8.06. The molecule has 2 heterocycles. The normalized spacial score (nSPS) is 22.7. The van der Waals surface area contributed by atoms with Gasteiger partial charge in [-0.1, -0.05) is 66.7 Å². The van der Waals surface area contributed by atoms with Crippen LogP contribution in [0.15, 0.2) is 78.9 Å². The molecule has 3 aromatic rings. The summed E-state index contributed by atoms with van der Waals surface area (Å²) >= 11 is 0. The first kappa shape index (κ1) is 30.9. The number of rotatable bonds is 9. The summed E-state index contributed by atoms with van der Waals surface area (Å²) in [5.74, 6) is -1.58. The number of carbonyl (C=O) groups is 2. The van der Waals surface area contributed by atoms with E-state index in [-0.39, 0.29) is 49.0 Å². The Labute approximate surface area is 253 Å². The monoisotopic (exact) mass is 588 g/mol. The molecule has 5 rings (SSSR count). The summed E-state index contributed by atoms with van der Waals surface area (Å²) in [6.45, 7) is 5.73. The van der Waals surface area contributed by atoms with Crippen molar-refractivity contribution in [3.8, 4) is 11.1 Å². The fourth-order valence-electron chi connectivity index (χ4n) is 6.00. The number of nitrogens with one attached hydrogen (secondary N) is 1. The van der Waals surface area contributed by atoms with Gasteiger partial charge < -0.3 is 24.8 Å². The maximum atomic E-state index is 15.0. The Hall–Kier alpha value is -3.59. The van der Waals surface area contributed by atoms with Crippen molar-refractivity contribution in [3.05, 3.63) is 95.8 Å². The third-order valence-electron chi connectivity index (χ3n) is 8.06. The smallest absolute Gasteiger partial charge is 0.257 e. The van der Waals surface area contributed by atoms with Crippen molar-refractivity contribution in [3.63, 3.8) is 0 Å². The number of ether oxygens (including phenoxy) is 2. The molecule has 3 aromatic carbocycles. The highest BCUT2D eigenvalue weighted by molar-refractivity contribution is 5.98. The molecule has 43 heavy (non-hydrogen) atoms.